The van der Waals surface area contributed by atoms with E-state index in [0.717, 1.165) is 5.56 Å². The number of carbonyl (C=O) groups excluding carboxylic acids is 3. The first kappa shape index (κ1) is 19.2. The van der Waals surface area contributed by atoms with Crippen molar-refractivity contribution < 1.29 is 28.6 Å². The maximum absolute atomic E-state index is 12.1. The minimum Gasteiger partial charge on any atom is -0.486 e. The van der Waals surface area contributed by atoms with Gasteiger partial charge in [-0.1, -0.05) is 6.07 Å². The zero-order chi connectivity index (χ0) is 19.9. The van der Waals surface area contributed by atoms with Gasteiger partial charge in [0.15, 0.2) is 23.9 Å². The van der Waals surface area contributed by atoms with Gasteiger partial charge in [0.05, 0.1) is 0 Å². The number of fused-ring (bicyclic) bond motifs is 1. The van der Waals surface area contributed by atoms with Crippen LogP contribution in [0, 0.1) is 0 Å². The third-order valence-electron chi connectivity index (χ3n) is 3.85. The molecule has 0 aliphatic carbocycles. The van der Waals surface area contributed by atoms with Gasteiger partial charge in [-0.3, -0.25) is 9.59 Å². The summed E-state index contributed by atoms with van der Waals surface area (Å²) < 4.78 is 15.9. The molecule has 0 fully saturated rings. The molecule has 1 amide bonds. The van der Waals surface area contributed by atoms with E-state index < -0.39 is 5.97 Å². The minimum absolute atomic E-state index is 0.196. The van der Waals surface area contributed by atoms with E-state index in [4.69, 9.17) is 14.2 Å². The highest BCUT2D eigenvalue weighted by molar-refractivity contribution is 5.99. The highest BCUT2D eigenvalue weighted by atomic mass is 16.6. The molecule has 7 nitrogen and oxygen atoms in total. The van der Waals surface area contributed by atoms with Crippen LogP contribution in [-0.4, -0.2) is 37.5 Å². The van der Waals surface area contributed by atoms with Crippen LogP contribution in [0.5, 0.6) is 11.5 Å². The highest BCUT2D eigenvalue weighted by Crippen LogP contribution is 2.31. The molecule has 0 unspecified atom stereocenters. The second-order valence-electron chi connectivity index (χ2n) is 6.03. The number of rotatable bonds is 6. The van der Waals surface area contributed by atoms with Gasteiger partial charge in [0.1, 0.15) is 13.2 Å². The minimum atomic E-state index is -0.627. The Hall–Kier alpha value is -3.61. The molecule has 7 heteroatoms. The first-order valence-corrected chi connectivity index (χ1v) is 8.66. The van der Waals surface area contributed by atoms with Crippen LogP contribution in [0.15, 0.2) is 48.5 Å². The van der Waals surface area contributed by atoms with Crippen molar-refractivity contribution in [3.8, 4) is 11.5 Å². The largest absolute Gasteiger partial charge is 0.486 e. The summed E-state index contributed by atoms with van der Waals surface area (Å²) in [6.07, 6.45) is 2.83. The fourth-order valence-corrected chi connectivity index (χ4v) is 2.54. The Labute approximate surface area is 161 Å². The van der Waals surface area contributed by atoms with Crippen molar-refractivity contribution >= 4 is 29.4 Å². The van der Waals surface area contributed by atoms with Gasteiger partial charge in [0.2, 0.25) is 5.91 Å². The number of ether oxygens (including phenoxy) is 3. The maximum atomic E-state index is 12.1. The van der Waals surface area contributed by atoms with E-state index >= 15 is 0 Å². The number of carbonyl (C=O) groups is 3. The van der Waals surface area contributed by atoms with Crippen molar-refractivity contribution in [2.45, 2.75) is 6.92 Å². The predicted molar refractivity (Wildman–Crippen MR) is 103 cm³/mol. The monoisotopic (exact) mass is 381 g/mol. The van der Waals surface area contributed by atoms with Gasteiger partial charge in [-0.25, -0.2) is 4.79 Å². The van der Waals surface area contributed by atoms with E-state index in [-0.39, 0.29) is 18.3 Å². The lowest BCUT2D eigenvalue weighted by atomic mass is 10.1. The quantitative estimate of drug-likeness (QED) is 0.470. The zero-order valence-electron chi connectivity index (χ0n) is 15.3. The molecule has 144 valence electrons. The summed E-state index contributed by atoms with van der Waals surface area (Å²) in [5, 5.41) is 2.61. The van der Waals surface area contributed by atoms with E-state index in [1.807, 2.05) is 0 Å². The van der Waals surface area contributed by atoms with Crippen LogP contribution in [0.2, 0.25) is 0 Å². The Morgan fingerprint density at radius 3 is 2.46 bits per heavy atom. The van der Waals surface area contributed by atoms with Crippen molar-refractivity contribution in [3.05, 3.63) is 59.7 Å². The van der Waals surface area contributed by atoms with Crippen LogP contribution in [0.3, 0.4) is 0 Å². The summed E-state index contributed by atoms with van der Waals surface area (Å²) in [6, 6.07) is 11.7. The molecule has 0 saturated carbocycles. The summed E-state index contributed by atoms with van der Waals surface area (Å²) in [5.41, 5.74) is 1.72. The Morgan fingerprint density at radius 2 is 1.75 bits per heavy atom. The van der Waals surface area contributed by atoms with Gasteiger partial charge in [-0.15, -0.1) is 0 Å². The third kappa shape index (κ3) is 5.20. The average Bonchev–Trinajstić information content (AvgIpc) is 2.70. The van der Waals surface area contributed by atoms with Crippen molar-refractivity contribution in [1.82, 2.24) is 0 Å². The van der Waals surface area contributed by atoms with Gasteiger partial charge >= 0.3 is 5.97 Å². The summed E-state index contributed by atoms with van der Waals surface area (Å²) in [7, 11) is 0. The van der Waals surface area contributed by atoms with Gasteiger partial charge in [0.25, 0.3) is 0 Å². The molecule has 0 atom stereocenters. The standard InChI is InChI=1S/C21H19NO6/c1-14(23)22-17-6-4-16(5-7-17)18(24)13-28-21(25)9-3-15-2-8-19-20(12-15)27-11-10-26-19/h2-9,12H,10-11,13H2,1H3,(H,22,23)/b9-3+. The first-order valence-electron chi connectivity index (χ1n) is 8.66. The summed E-state index contributed by atoms with van der Waals surface area (Å²) in [6.45, 7) is 2.02. The molecule has 0 aromatic heterocycles. The Kier molecular flexibility index (Phi) is 6.06. The molecule has 1 N–H and O–H groups in total. The van der Waals surface area contributed by atoms with Crippen molar-refractivity contribution in [1.29, 1.82) is 0 Å². The lowest BCUT2D eigenvalue weighted by Gasteiger charge is -2.18. The van der Waals surface area contributed by atoms with Gasteiger partial charge in [-0.2, -0.15) is 0 Å². The summed E-state index contributed by atoms with van der Waals surface area (Å²) >= 11 is 0. The smallest absolute Gasteiger partial charge is 0.331 e. The molecule has 3 rings (SSSR count). The Morgan fingerprint density at radius 1 is 1.04 bits per heavy atom. The fraction of sp³-hybridized carbons (Fsp3) is 0.190. The van der Waals surface area contributed by atoms with Crippen LogP contribution in [-0.2, 0) is 14.3 Å². The highest BCUT2D eigenvalue weighted by Gasteiger charge is 2.11. The first-order chi connectivity index (χ1) is 13.5. The van der Waals surface area contributed by atoms with E-state index in [0.29, 0.717) is 36.0 Å². The number of anilines is 1. The fourth-order valence-electron chi connectivity index (χ4n) is 2.54. The Balaban J connectivity index is 1.51. The molecule has 28 heavy (non-hydrogen) atoms. The van der Waals surface area contributed by atoms with E-state index in [1.54, 1.807) is 48.5 Å². The topological polar surface area (TPSA) is 90.9 Å². The van der Waals surface area contributed by atoms with E-state index in [1.165, 1.54) is 13.0 Å². The summed E-state index contributed by atoms with van der Waals surface area (Å²) in [4.78, 5) is 34.9. The van der Waals surface area contributed by atoms with Crippen LogP contribution in [0.1, 0.15) is 22.8 Å². The molecule has 0 radical (unpaired) electrons. The second-order valence-corrected chi connectivity index (χ2v) is 6.03. The lowest BCUT2D eigenvalue weighted by molar-refractivity contribution is -0.136. The Bertz CT molecular complexity index is 917. The van der Waals surface area contributed by atoms with Crippen molar-refractivity contribution in [3.63, 3.8) is 0 Å². The van der Waals surface area contributed by atoms with Crippen molar-refractivity contribution in [2.24, 2.45) is 0 Å². The van der Waals surface area contributed by atoms with E-state index in [9.17, 15) is 14.4 Å². The van der Waals surface area contributed by atoms with Crippen LogP contribution >= 0.6 is 0 Å². The van der Waals surface area contributed by atoms with Gasteiger partial charge in [0, 0.05) is 24.3 Å². The van der Waals surface area contributed by atoms with Crippen LogP contribution < -0.4 is 14.8 Å². The van der Waals surface area contributed by atoms with E-state index in [2.05, 4.69) is 5.32 Å². The van der Waals surface area contributed by atoms with Crippen LogP contribution in [0.4, 0.5) is 5.69 Å². The molecule has 1 aliphatic heterocycles. The lowest BCUT2D eigenvalue weighted by Crippen LogP contribution is -2.15. The number of benzene rings is 2. The molecule has 2 aromatic rings. The molecule has 0 bridgehead atoms. The number of hydrogen-bond acceptors (Lipinski definition) is 6. The predicted octanol–water partition coefficient (Wildman–Crippen LogP) is 2.86. The molecule has 2 aromatic carbocycles. The number of amides is 1. The number of ketones is 1. The van der Waals surface area contributed by atoms with Gasteiger partial charge in [-0.05, 0) is 48.0 Å². The maximum Gasteiger partial charge on any atom is 0.331 e. The average molecular weight is 381 g/mol. The molecular formula is C21H19NO6. The van der Waals surface area contributed by atoms with Gasteiger partial charge < -0.3 is 19.5 Å². The molecular weight excluding hydrogens is 362 g/mol. The number of hydrogen-bond donors (Lipinski definition) is 1. The summed E-state index contributed by atoms with van der Waals surface area (Å²) in [5.74, 6) is 0.132. The normalized spacial score (nSPS) is 12.5. The number of esters is 1. The second kappa shape index (κ2) is 8.85. The molecule has 1 heterocycles. The van der Waals surface area contributed by atoms with Crippen LogP contribution in [0.25, 0.3) is 6.08 Å². The molecule has 1 aliphatic rings. The third-order valence-corrected chi connectivity index (χ3v) is 3.85. The number of Topliss-reactive ketones (excluding diaryl/α,β-unsaturated/α-hetero) is 1. The molecule has 0 saturated heterocycles. The number of nitrogens with one attached hydrogen (secondary N) is 1. The molecule has 0 spiro atoms. The van der Waals surface area contributed by atoms with Crippen molar-refractivity contribution in [2.75, 3.05) is 25.1 Å². The SMILES string of the molecule is CC(=O)Nc1ccc(C(=O)COC(=O)/C=C/c2ccc3c(c2)OCCO3)cc1. The zero-order valence-corrected chi connectivity index (χ0v) is 15.3.